The lowest BCUT2D eigenvalue weighted by Gasteiger charge is -2.19. The molecule has 3 rings (SSSR count). The number of aliphatic hydroxyl groups is 1. The average molecular weight is 237 g/mol. The summed E-state index contributed by atoms with van der Waals surface area (Å²) in [6, 6.07) is 6.88. The van der Waals surface area contributed by atoms with E-state index in [2.05, 4.69) is 0 Å². The zero-order chi connectivity index (χ0) is 15.5. The highest BCUT2D eigenvalue weighted by atomic mass is 16.7. The van der Waals surface area contributed by atoms with Crippen LogP contribution in [0.4, 0.5) is 0 Å². The molecule has 1 aromatic rings. The standard InChI is InChI=1S/C13H15NO3/c15-8-13(5-6-13)9-17-14-7-10-3-1-2-4-11(10)12(14)16/h1-4,15H,5-9H2/i8D2,9D2. The first-order valence-electron chi connectivity index (χ1n) is 7.49. The Bertz CT molecular complexity index is 595. The molecule has 1 fully saturated rings. The number of hydrogen-bond donors (Lipinski definition) is 1. The van der Waals surface area contributed by atoms with E-state index in [1.165, 1.54) is 0 Å². The van der Waals surface area contributed by atoms with E-state index in [9.17, 15) is 9.90 Å². The molecule has 0 bridgehead atoms. The maximum absolute atomic E-state index is 12.1. The summed E-state index contributed by atoms with van der Waals surface area (Å²) in [5.41, 5.74) is -0.449. The highest BCUT2D eigenvalue weighted by molar-refractivity contribution is 5.97. The quantitative estimate of drug-likeness (QED) is 0.860. The van der Waals surface area contributed by atoms with Crippen LogP contribution in [-0.4, -0.2) is 29.2 Å². The van der Waals surface area contributed by atoms with Crippen LogP contribution in [0.15, 0.2) is 24.3 Å². The molecule has 1 heterocycles. The lowest BCUT2D eigenvalue weighted by atomic mass is 10.1. The number of hydrogen-bond acceptors (Lipinski definition) is 3. The fraction of sp³-hybridized carbons (Fsp3) is 0.462. The molecule has 0 radical (unpaired) electrons. The SMILES string of the molecule is [2H]C([2H])(O)C1(C([2H])([2H])ON2Cc3ccccc3C2=O)CC1. The zero-order valence-corrected chi connectivity index (χ0v) is 9.14. The molecule has 1 N–H and O–H groups in total. The average Bonchev–Trinajstić information content (AvgIpc) is 3.14. The van der Waals surface area contributed by atoms with Gasteiger partial charge in [0, 0.05) is 11.0 Å². The van der Waals surface area contributed by atoms with Crippen LogP contribution in [0.2, 0.25) is 0 Å². The van der Waals surface area contributed by atoms with Gasteiger partial charge in [0.05, 0.1) is 25.1 Å². The van der Waals surface area contributed by atoms with E-state index in [0.29, 0.717) is 5.56 Å². The first-order valence-corrected chi connectivity index (χ1v) is 5.49. The summed E-state index contributed by atoms with van der Waals surface area (Å²) < 4.78 is 30.7. The molecule has 0 aromatic heterocycles. The van der Waals surface area contributed by atoms with Gasteiger partial charge in [0.2, 0.25) is 0 Å². The van der Waals surface area contributed by atoms with Crippen LogP contribution < -0.4 is 0 Å². The van der Waals surface area contributed by atoms with E-state index in [4.69, 9.17) is 10.3 Å². The van der Waals surface area contributed by atoms with Crippen LogP contribution in [0.3, 0.4) is 0 Å². The largest absolute Gasteiger partial charge is 0.396 e. The van der Waals surface area contributed by atoms with Crippen LogP contribution in [0, 0.1) is 5.41 Å². The van der Waals surface area contributed by atoms with Crippen LogP contribution in [0.25, 0.3) is 0 Å². The van der Waals surface area contributed by atoms with Crippen molar-refractivity contribution in [1.29, 1.82) is 0 Å². The Labute approximate surface area is 105 Å². The molecular weight excluding hydrogens is 218 g/mol. The molecule has 90 valence electrons. The van der Waals surface area contributed by atoms with Crippen LogP contribution in [0.1, 0.15) is 34.2 Å². The fourth-order valence-corrected chi connectivity index (χ4v) is 1.81. The van der Waals surface area contributed by atoms with Gasteiger partial charge in [-0.15, -0.1) is 0 Å². The van der Waals surface area contributed by atoms with Gasteiger partial charge in [-0.25, -0.2) is 5.06 Å². The van der Waals surface area contributed by atoms with Crippen LogP contribution >= 0.6 is 0 Å². The molecular formula is C13H15NO3. The van der Waals surface area contributed by atoms with E-state index in [1.807, 2.05) is 0 Å². The van der Waals surface area contributed by atoms with E-state index >= 15 is 0 Å². The molecule has 17 heavy (non-hydrogen) atoms. The van der Waals surface area contributed by atoms with Crippen molar-refractivity contribution in [2.24, 2.45) is 5.41 Å². The van der Waals surface area contributed by atoms with E-state index in [0.717, 1.165) is 10.6 Å². The van der Waals surface area contributed by atoms with Crippen molar-refractivity contribution in [1.82, 2.24) is 5.06 Å². The van der Waals surface area contributed by atoms with Crippen molar-refractivity contribution >= 4 is 5.91 Å². The Hall–Kier alpha value is -1.39. The summed E-state index contributed by atoms with van der Waals surface area (Å²) in [5.74, 6) is -0.455. The molecule has 1 aliphatic heterocycles. The van der Waals surface area contributed by atoms with Crippen molar-refractivity contribution in [3.05, 3.63) is 35.4 Å². The van der Waals surface area contributed by atoms with Gasteiger partial charge in [-0.1, -0.05) is 18.2 Å². The molecule has 0 spiro atoms. The normalized spacial score (nSPS) is 25.7. The number of carbonyl (C=O) groups is 1. The molecule has 4 nitrogen and oxygen atoms in total. The van der Waals surface area contributed by atoms with Gasteiger partial charge in [-0.2, -0.15) is 0 Å². The summed E-state index contributed by atoms with van der Waals surface area (Å²) in [4.78, 5) is 17.3. The minimum atomic E-state index is -2.70. The van der Waals surface area contributed by atoms with Gasteiger partial charge in [-0.05, 0) is 24.5 Å². The minimum Gasteiger partial charge on any atom is -0.396 e. The van der Waals surface area contributed by atoms with Gasteiger partial charge in [0.1, 0.15) is 0 Å². The molecule has 0 saturated heterocycles. The second-order valence-electron chi connectivity index (χ2n) is 4.39. The molecule has 1 amide bonds. The van der Waals surface area contributed by atoms with Gasteiger partial charge in [-0.3, -0.25) is 9.63 Å². The Morgan fingerprint density at radius 3 is 2.88 bits per heavy atom. The number of carbonyl (C=O) groups excluding carboxylic acids is 1. The lowest BCUT2D eigenvalue weighted by molar-refractivity contribution is -0.143. The Morgan fingerprint density at radius 2 is 2.24 bits per heavy atom. The number of benzene rings is 1. The zero-order valence-electron chi connectivity index (χ0n) is 13.1. The fourth-order valence-electron chi connectivity index (χ4n) is 1.81. The smallest absolute Gasteiger partial charge is 0.278 e. The van der Waals surface area contributed by atoms with Crippen molar-refractivity contribution in [2.75, 3.05) is 13.1 Å². The third-order valence-corrected chi connectivity index (χ3v) is 3.10. The van der Waals surface area contributed by atoms with Crippen molar-refractivity contribution in [3.8, 4) is 0 Å². The summed E-state index contributed by atoms with van der Waals surface area (Å²) in [6.45, 7) is -5.06. The first kappa shape index (κ1) is 7.13. The second kappa shape index (κ2) is 3.82. The Balaban J connectivity index is 1.81. The van der Waals surface area contributed by atoms with E-state index in [-0.39, 0.29) is 19.4 Å². The summed E-state index contributed by atoms with van der Waals surface area (Å²) in [6.07, 6.45) is 0.330. The van der Waals surface area contributed by atoms with Gasteiger partial charge < -0.3 is 5.11 Å². The van der Waals surface area contributed by atoms with Gasteiger partial charge in [0.25, 0.3) is 5.91 Å². The molecule has 2 aliphatic rings. The maximum Gasteiger partial charge on any atom is 0.278 e. The number of hydroxylamine groups is 2. The Morgan fingerprint density at radius 1 is 1.47 bits per heavy atom. The third-order valence-electron chi connectivity index (χ3n) is 3.10. The summed E-state index contributed by atoms with van der Waals surface area (Å²) in [7, 11) is 0. The van der Waals surface area contributed by atoms with Gasteiger partial charge >= 0.3 is 0 Å². The predicted octanol–water partition coefficient (Wildman–Crippen LogP) is 1.35. The maximum atomic E-state index is 12.1. The summed E-state index contributed by atoms with van der Waals surface area (Å²) in [5, 5.41) is 10.5. The lowest BCUT2D eigenvalue weighted by Crippen LogP contribution is -2.28. The minimum absolute atomic E-state index is 0.110. The molecule has 1 aromatic carbocycles. The van der Waals surface area contributed by atoms with Gasteiger partial charge in [0.15, 0.2) is 0 Å². The number of nitrogens with zero attached hydrogens (tertiary/aromatic N) is 1. The van der Waals surface area contributed by atoms with Crippen LogP contribution in [0.5, 0.6) is 0 Å². The third kappa shape index (κ3) is 1.83. The molecule has 1 saturated carbocycles. The summed E-state index contributed by atoms with van der Waals surface area (Å²) >= 11 is 0. The molecule has 0 atom stereocenters. The number of amides is 1. The van der Waals surface area contributed by atoms with Crippen molar-refractivity contribution in [3.63, 3.8) is 0 Å². The number of rotatable bonds is 4. The molecule has 0 unspecified atom stereocenters. The predicted molar refractivity (Wildman–Crippen MR) is 61.0 cm³/mol. The van der Waals surface area contributed by atoms with E-state index in [1.54, 1.807) is 24.3 Å². The monoisotopic (exact) mass is 237 g/mol. The van der Waals surface area contributed by atoms with E-state index < -0.39 is 24.4 Å². The van der Waals surface area contributed by atoms with Crippen LogP contribution in [-0.2, 0) is 11.4 Å². The molecule has 4 heteroatoms. The number of fused-ring (bicyclic) bond motifs is 1. The highest BCUT2D eigenvalue weighted by Crippen LogP contribution is 2.45. The topological polar surface area (TPSA) is 49.8 Å². The highest BCUT2D eigenvalue weighted by Gasteiger charge is 2.43. The van der Waals surface area contributed by atoms with Crippen molar-refractivity contribution < 1.29 is 20.2 Å². The molecule has 1 aliphatic carbocycles. The first-order chi connectivity index (χ1) is 9.68. The van der Waals surface area contributed by atoms with Crippen molar-refractivity contribution in [2.45, 2.75) is 19.4 Å². The second-order valence-corrected chi connectivity index (χ2v) is 4.39. The Kier molecular flexibility index (Phi) is 1.60.